The van der Waals surface area contributed by atoms with Gasteiger partial charge in [-0.15, -0.1) is 0 Å². The SMILES string of the molecule is CC12OC(=N)C(C#N)(C1c1ccccc1)C(C#N)(C#N)C(c1ccccc1F)O2. The van der Waals surface area contributed by atoms with Crippen LogP contribution >= 0.6 is 0 Å². The minimum absolute atomic E-state index is 0.0359. The summed E-state index contributed by atoms with van der Waals surface area (Å²) in [5.41, 5.74) is -3.65. The molecule has 2 aromatic carbocycles. The topological polar surface area (TPSA) is 114 Å². The molecule has 2 bridgehead atoms. The molecule has 2 aliphatic heterocycles. The van der Waals surface area contributed by atoms with Gasteiger partial charge in [0.15, 0.2) is 5.41 Å². The molecule has 7 heteroatoms. The van der Waals surface area contributed by atoms with Crippen molar-refractivity contribution in [1.29, 1.82) is 21.2 Å². The molecule has 0 saturated carbocycles. The number of rotatable bonds is 2. The highest BCUT2D eigenvalue weighted by Crippen LogP contribution is 2.69. The number of nitrogens with zero attached hydrogens (tertiary/aromatic N) is 3. The second-order valence-corrected chi connectivity index (χ2v) is 7.26. The Labute approximate surface area is 166 Å². The van der Waals surface area contributed by atoms with Crippen molar-refractivity contribution in [2.75, 3.05) is 0 Å². The van der Waals surface area contributed by atoms with Crippen LogP contribution in [0.15, 0.2) is 54.6 Å². The fourth-order valence-corrected chi connectivity index (χ4v) is 4.60. The molecule has 2 heterocycles. The number of halogens is 1. The summed E-state index contributed by atoms with van der Waals surface area (Å²) in [5, 5.41) is 39.1. The van der Waals surface area contributed by atoms with E-state index in [-0.39, 0.29) is 5.56 Å². The van der Waals surface area contributed by atoms with E-state index in [0.717, 1.165) is 0 Å². The Morgan fingerprint density at radius 3 is 2.17 bits per heavy atom. The van der Waals surface area contributed by atoms with E-state index in [1.165, 1.54) is 18.2 Å². The second-order valence-electron chi connectivity index (χ2n) is 7.26. The zero-order chi connectivity index (χ0) is 20.9. The van der Waals surface area contributed by atoms with E-state index in [1.807, 2.05) is 18.2 Å². The molecule has 0 spiro atoms. The standard InChI is InChI=1S/C22H15FN4O2/c1-20-17(14-7-3-2-4-8-14)22(13-26,19(27)29-20)21(11-24,12-25)18(28-20)15-9-5-6-10-16(15)23/h2-10,17-18,27H,1H3. The maximum Gasteiger partial charge on any atom is 0.218 e. The van der Waals surface area contributed by atoms with Crippen LogP contribution in [0.5, 0.6) is 0 Å². The fraction of sp³-hybridized carbons (Fsp3) is 0.273. The predicted molar refractivity (Wildman–Crippen MR) is 98.3 cm³/mol. The summed E-state index contributed by atoms with van der Waals surface area (Å²) >= 11 is 0. The van der Waals surface area contributed by atoms with Crippen molar-refractivity contribution in [2.45, 2.75) is 24.7 Å². The molecular weight excluding hydrogens is 371 g/mol. The molecule has 0 radical (unpaired) electrons. The number of fused-ring (bicyclic) bond motifs is 2. The molecule has 142 valence electrons. The highest BCUT2D eigenvalue weighted by molar-refractivity contribution is 5.90. The van der Waals surface area contributed by atoms with E-state index in [4.69, 9.17) is 14.9 Å². The summed E-state index contributed by atoms with van der Waals surface area (Å²) in [6, 6.07) is 20.2. The average molecular weight is 386 g/mol. The van der Waals surface area contributed by atoms with Gasteiger partial charge >= 0.3 is 0 Å². The van der Waals surface area contributed by atoms with Crippen LogP contribution in [-0.4, -0.2) is 11.7 Å². The second kappa shape index (κ2) is 6.14. The normalized spacial score (nSPS) is 31.8. The first kappa shape index (κ1) is 18.6. The van der Waals surface area contributed by atoms with Crippen molar-refractivity contribution in [3.63, 3.8) is 0 Å². The van der Waals surface area contributed by atoms with Crippen molar-refractivity contribution in [1.82, 2.24) is 0 Å². The largest absolute Gasteiger partial charge is 0.447 e. The van der Waals surface area contributed by atoms with Crippen LogP contribution in [0.3, 0.4) is 0 Å². The minimum Gasteiger partial charge on any atom is -0.447 e. The number of hydrogen-bond donors (Lipinski definition) is 1. The molecule has 4 unspecified atom stereocenters. The van der Waals surface area contributed by atoms with Gasteiger partial charge in [0.2, 0.25) is 17.1 Å². The van der Waals surface area contributed by atoms with Gasteiger partial charge in [0.05, 0.1) is 24.1 Å². The lowest BCUT2D eigenvalue weighted by atomic mass is 9.52. The van der Waals surface area contributed by atoms with E-state index in [0.29, 0.717) is 5.56 Å². The van der Waals surface area contributed by atoms with Gasteiger partial charge in [-0.25, -0.2) is 4.39 Å². The predicted octanol–water partition coefficient (Wildman–Crippen LogP) is 3.95. The van der Waals surface area contributed by atoms with Crippen LogP contribution in [0.4, 0.5) is 4.39 Å². The van der Waals surface area contributed by atoms with Gasteiger partial charge in [-0.2, -0.15) is 15.8 Å². The maximum atomic E-state index is 14.7. The molecule has 2 aromatic rings. The summed E-state index contributed by atoms with van der Waals surface area (Å²) in [7, 11) is 0. The van der Waals surface area contributed by atoms with Crippen LogP contribution in [0.25, 0.3) is 0 Å². The lowest BCUT2D eigenvalue weighted by molar-refractivity contribution is -0.254. The smallest absolute Gasteiger partial charge is 0.218 e. The molecule has 0 aromatic heterocycles. The van der Waals surface area contributed by atoms with Crippen LogP contribution in [0.2, 0.25) is 0 Å². The Balaban J connectivity index is 2.07. The summed E-state index contributed by atoms with van der Waals surface area (Å²) in [4.78, 5) is 0. The van der Waals surface area contributed by atoms with Gasteiger partial charge in [-0.3, -0.25) is 5.41 Å². The molecular formula is C22H15FN4O2. The van der Waals surface area contributed by atoms with Crippen molar-refractivity contribution in [2.24, 2.45) is 10.8 Å². The summed E-state index contributed by atoms with van der Waals surface area (Å²) in [5.74, 6) is -3.68. The van der Waals surface area contributed by atoms with Gasteiger partial charge in [0.25, 0.3) is 0 Å². The van der Waals surface area contributed by atoms with Gasteiger partial charge in [-0.1, -0.05) is 48.5 Å². The van der Waals surface area contributed by atoms with E-state index in [2.05, 4.69) is 0 Å². The molecule has 2 fully saturated rings. The molecule has 29 heavy (non-hydrogen) atoms. The first-order valence-corrected chi connectivity index (χ1v) is 8.89. The monoisotopic (exact) mass is 386 g/mol. The van der Waals surface area contributed by atoms with Gasteiger partial charge in [0, 0.05) is 12.5 Å². The lowest BCUT2D eigenvalue weighted by Gasteiger charge is -2.48. The number of ether oxygens (including phenoxy) is 2. The van der Waals surface area contributed by atoms with Crippen molar-refractivity contribution in [3.05, 3.63) is 71.5 Å². The minimum atomic E-state index is -2.21. The van der Waals surface area contributed by atoms with E-state index < -0.39 is 40.4 Å². The Morgan fingerprint density at radius 1 is 0.966 bits per heavy atom. The van der Waals surface area contributed by atoms with Crippen LogP contribution in [0.1, 0.15) is 30.1 Å². The van der Waals surface area contributed by atoms with Crippen LogP contribution in [-0.2, 0) is 9.47 Å². The fourth-order valence-electron chi connectivity index (χ4n) is 4.60. The Morgan fingerprint density at radius 2 is 1.59 bits per heavy atom. The molecule has 4 rings (SSSR count). The van der Waals surface area contributed by atoms with E-state index in [1.54, 1.807) is 43.3 Å². The Bertz CT molecular complexity index is 1120. The molecule has 4 atom stereocenters. The summed E-state index contributed by atoms with van der Waals surface area (Å²) in [6.45, 7) is 1.55. The highest BCUT2D eigenvalue weighted by Gasteiger charge is 2.79. The zero-order valence-corrected chi connectivity index (χ0v) is 15.4. The van der Waals surface area contributed by atoms with Crippen LogP contribution < -0.4 is 0 Å². The third-order valence-electron chi connectivity index (χ3n) is 5.84. The average Bonchev–Trinajstić information content (AvgIpc) is 2.92. The maximum absolute atomic E-state index is 14.7. The van der Waals surface area contributed by atoms with E-state index in [9.17, 15) is 20.2 Å². The van der Waals surface area contributed by atoms with Crippen molar-refractivity contribution < 1.29 is 13.9 Å². The number of nitriles is 3. The number of benzene rings is 2. The lowest BCUT2D eigenvalue weighted by Crippen LogP contribution is -2.57. The van der Waals surface area contributed by atoms with Crippen LogP contribution in [0, 0.1) is 56.0 Å². The van der Waals surface area contributed by atoms with Crippen molar-refractivity contribution in [3.8, 4) is 18.2 Å². The first-order chi connectivity index (χ1) is 13.9. The molecule has 1 N–H and O–H groups in total. The van der Waals surface area contributed by atoms with Gasteiger partial charge < -0.3 is 9.47 Å². The van der Waals surface area contributed by atoms with Crippen molar-refractivity contribution >= 4 is 5.90 Å². The number of nitrogens with one attached hydrogen (secondary N) is 1. The van der Waals surface area contributed by atoms with Gasteiger partial charge in [-0.05, 0) is 11.6 Å². The summed E-state index contributed by atoms with van der Waals surface area (Å²) < 4.78 is 26.5. The highest BCUT2D eigenvalue weighted by atomic mass is 19.1. The molecule has 6 nitrogen and oxygen atoms in total. The molecule has 2 aliphatic rings. The third-order valence-corrected chi connectivity index (χ3v) is 5.84. The molecule has 0 aliphatic carbocycles. The molecule has 2 saturated heterocycles. The van der Waals surface area contributed by atoms with E-state index >= 15 is 0 Å². The van der Waals surface area contributed by atoms with Gasteiger partial charge in [0.1, 0.15) is 11.9 Å². The Kier molecular flexibility index (Phi) is 3.94. The quantitative estimate of drug-likeness (QED) is 0.839. The Hall–Kier alpha value is -3.73. The number of hydrogen-bond acceptors (Lipinski definition) is 6. The molecule has 0 amide bonds. The first-order valence-electron chi connectivity index (χ1n) is 8.89. The third kappa shape index (κ3) is 2.12. The zero-order valence-electron chi connectivity index (χ0n) is 15.4. The summed E-state index contributed by atoms with van der Waals surface area (Å²) in [6.07, 6.45) is -1.42.